The molecule has 0 spiro atoms. The highest BCUT2D eigenvalue weighted by Crippen LogP contribution is 2.40. The van der Waals surface area contributed by atoms with Crippen LogP contribution in [0.3, 0.4) is 0 Å². The third-order valence-corrected chi connectivity index (χ3v) is 5.35. The molecule has 2 bridgehead atoms. The average molecular weight is 303 g/mol. The number of piperidine rings is 1. The van der Waals surface area contributed by atoms with Gasteiger partial charge in [0.1, 0.15) is 5.78 Å². The maximum Gasteiger partial charge on any atom is 0.136 e. The first kappa shape index (κ1) is 15.7. The summed E-state index contributed by atoms with van der Waals surface area (Å²) >= 11 is 0. The summed E-state index contributed by atoms with van der Waals surface area (Å²) in [6, 6.07) is 11.8. The minimum Gasteiger partial charge on any atom is -0.299 e. The average Bonchev–Trinajstić information content (AvgIpc) is 2.77. The summed E-state index contributed by atoms with van der Waals surface area (Å²) in [6.45, 7) is 0.715. The van der Waals surface area contributed by atoms with Crippen molar-refractivity contribution >= 4 is 5.78 Å². The maximum atomic E-state index is 12.3. The number of carbonyl (C=O) groups excluding carboxylic acids is 1. The molecule has 3 heteroatoms. The summed E-state index contributed by atoms with van der Waals surface area (Å²) in [5, 5.41) is 0. The predicted octanol–water partition coefficient (Wildman–Crippen LogP) is 4.14. The van der Waals surface area contributed by atoms with Crippen LogP contribution in [-0.4, -0.2) is 29.4 Å². The van der Waals surface area contributed by atoms with Crippen LogP contribution in [0.1, 0.15) is 50.5 Å². The number of unbranched alkanes of at least 4 members (excludes halogenated alkanes) is 1. The summed E-state index contributed by atoms with van der Waals surface area (Å²) in [4.78, 5) is 14.9. The molecule has 2 heterocycles. The minimum absolute atomic E-state index is 0.226. The zero-order valence-corrected chi connectivity index (χ0v) is 13.2. The second-order valence-corrected chi connectivity index (χ2v) is 6.82. The molecular weight excluding hydrogens is 277 g/mol. The molecular formula is C19H26FNO. The standard InChI is InChI=1S/C19H26FNO/c20-11-5-4-8-19(22)16-12-17-9-10-18(13-16)21(17)14-15-6-2-1-3-7-15/h1-3,6-7,16-18H,4-5,8-14H2. The molecule has 2 aliphatic heterocycles. The number of fused-ring (bicyclic) bond motifs is 2. The van der Waals surface area contributed by atoms with Crippen LogP contribution in [0.2, 0.25) is 0 Å². The van der Waals surface area contributed by atoms with Crippen LogP contribution in [-0.2, 0) is 11.3 Å². The fourth-order valence-electron chi connectivity index (χ4n) is 4.19. The Morgan fingerprint density at radius 1 is 1.09 bits per heavy atom. The molecule has 2 fully saturated rings. The molecule has 0 amide bonds. The van der Waals surface area contributed by atoms with Gasteiger partial charge in [-0.15, -0.1) is 0 Å². The first-order chi connectivity index (χ1) is 10.8. The van der Waals surface area contributed by atoms with Crippen molar-refractivity contribution in [3.8, 4) is 0 Å². The molecule has 0 N–H and O–H groups in total. The van der Waals surface area contributed by atoms with Crippen molar-refractivity contribution in [1.29, 1.82) is 0 Å². The van der Waals surface area contributed by atoms with Crippen molar-refractivity contribution in [3.63, 3.8) is 0 Å². The quantitative estimate of drug-likeness (QED) is 0.706. The van der Waals surface area contributed by atoms with Gasteiger partial charge >= 0.3 is 0 Å². The molecule has 2 saturated heterocycles. The van der Waals surface area contributed by atoms with Gasteiger partial charge in [-0.2, -0.15) is 0 Å². The van der Waals surface area contributed by atoms with E-state index in [4.69, 9.17) is 0 Å². The number of hydrogen-bond donors (Lipinski definition) is 0. The molecule has 1 aromatic rings. The lowest BCUT2D eigenvalue weighted by atomic mass is 9.85. The van der Waals surface area contributed by atoms with Crippen LogP contribution in [0.5, 0.6) is 0 Å². The second kappa shape index (κ2) is 7.36. The van der Waals surface area contributed by atoms with Gasteiger partial charge in [-0.25, -0.2) is 0 Å². The molecule has 120 valence electrons. The Bertz CT molecular complexity index is 475. The fraction of sp³-hybridized carbons (Fsp3) is 0.632. The van der Waals surface area contributed by atoms with E-state index in [0.717, 1.165) is 25.8 Å². The maximum absolute atomic E-state index is 12.3. The Morgan fingerprint density at radius 2 is 1.77 bits per heavy atom. The first-order valence-corrected chi connectivity index (χ1v) is 8.66. The van der Waals surface area contributed by atoms with Crippen molar-refractivity contribution in [3.05, 3.63) is 35.9 Å². The number of alkyl halides is 1. The van der Waals surface area contributed by atoms with E-state index < -0.39 is 0 Å². The summed E-state index contributed by atoms with van der Waals surface area (Å²) in [6.07, 6.45) is 6.31. The molecule has 0 aliphatic carbocycles. The first-order valence-electron chi connectivity index (χ1n) is 8.66. The van der Waals surface area contributed by atoms with Gasteiger partial charge in [-0.05, 0) is 44.1 Å². The van der Waals surface area contributed by atoms with Crippen LogP contribution in [0.4, 0.5) is 4.39 Å². The Hall–Kier alpha value is -1.22. The SMILES string of the molecule is O=C(CCCCF)C1CC2CCC(C1)N2Cc1ccccc1. The summed E-state index contributed by atoms with van der Waals surface area (Å²) in [5.74, 6) is 0.605. The highest BCUT2D eigenvalue weighted by molar-refractivity contribution is 5.81. The molecule has 0 aromatic heterocycles. The number of halogens is 1. The van der Waals surface area contributed by atoms with Crippen molar-refractivity contribution in [2.24, 2.45) is 5.92 Å². The number of nitrogens with zero attached hydrogens (tertiary/aromatic N) is 1. The molecule has 2 unspecified atom stereocenters. The van der Waals surface area contributed by atoms with E-state index in [0.29, 0.717) is 30.7 Å². The molecule has 2 aliphatic rings. The smallest absolute Gasteiger partial charge is 0.136 e. The van der Waals surface area contributed by atoms with Crippen molar-refractivity contribution in [1.82, 2.24) is 4.90 Å². The lowest BCUT2D eigenvalue weighted by Crippen LogP contribution is -2.44. The lowest BCUT2D eigenvalue weighted by molar-refractivity contribution is -0.125. The third kappa shape index (κ3) is 3.57. The Kier molecular flexibility index (Phi) is 5.24. The van der Waals surface area contributed by atoms with Gasteiger partial charge in [0.15, 0.2) is 0 Å². The van der Waals surface area contributed by atoms with Crippen molar-refractivity contribution in [2.75, 3.05) is 6.67 Å². The largest absolute Gasteiger partial charge is 0.299 e. The lowest BCUT2D eigenvalue weighted by Gasteiger charge is -2.38. The number of rotatable bonds is 7. The molecule has 2 nitrogen and oxygen atoms in total. The van der Waals surface area contributed by atoms with Gasteiger partial charge in [0.2, 0.25) is 0 Å². The molecule has 0 radical (unpaired) electrons. The number of carbonyl (C=O) groups is 1. The number of Topliss-reactive ketones (excluding diaryl/α,β-unsaturated/α-hetero) is 1. The minimum atomic E-state index is -0.298. The van der Waals surface area contributed by atoms with E-state index in [2.05, 4.69) is 35.2 Å². The van der Waals surface area contributed by atoms with Crippen LogP contribution < -0.4 is 0 Å². The molecule has 1 aromatic carbocycles. The van der Waals surface area contributed by atoms with Gasteiger partial charge < -0.3 is 0 Å². The topological polar surface area (TPSA) is 20.3 Å². The van der Waals surface area contributed by atoms with Gasteiger partial charge in [0.05, 0.1) is 6.67 Å². The Labute approximate surface area is 132 Å². The Morgan fingerprint density at radius 3 is 2.41 bits per heavy atom. The molecule has 22 heavy (non-hydrogen) atoms. The predicted molar refractivity (Wildman–Crippen MR) is 86.4 cm³/mol. The second-order valence-electron chi connectivity index (χ2n) is 6.82. The van der Waals surface area contributed by atoms with E-state index in [1.165, 1.54) is 18.4 Å². The zero-order chi connectivity index (χ0) is 15.4. The van der Waals surface area contributed by atoms with Gasteiger partial charge in [0, 0.05) is 31.0 Å². The summed E-state index contributed by atoms with van der Waals surface area (Å²) < 4.78 is 12.2. The number of hydrogen-bond acceptors (Lipinski definition) is 2. The monoisotopic (exact) mass is 303 g/mol. The summed E-state index contributed by atoms with van der Waals surface area (Å²) in [5.41, 5.74) is 1.37. The number of ketones is 1. The van der Waals surface area contributed by atoms with Crippen LogP contribution in [0, 0.1) is 5.92 Å². The third-order valence-electron chi connectivity index (χ3n) is 5.35. The normalized spacial score (nSPS) is 28.0. The molecule has 3 rings (SSSR count). The summed E-state index contributed by atoms with van der Waals surface area (Å²) in [7, 11) is 0. The zero-order valence-electron chi connectivity index (χ0n) is 13.2. The fourth-order valence-corrected chi connectivity index (χ4v) is 4.19. The van der Waals surface area contributed by atoms with Gasteiger partial charge in [-0.3, -0.25) is 14.1 Å². The molecule has 0 saturated carbocycles. The van der Waals surface area contributed by atoms with Crippen LogP contribution >= 0.6 is 0 Å². The van der Waals surface area contributed by atoms with E-state index >= 15 is 0 Å². The Balaban J connectivity index is 1.56. The van der Waals surface area contributed by atoms with Crippen molar-refractivity contribution < 1.29 is 9.18 Å². The van der Waals surface area contributed by atoms with Crippen LogP contribution in [0.25, 0.3) is 0 Å². The van der Waals surface area contributed by atoms with Crippen molar-refractivity contribution in [2.45, 2.75) is 63.6 Å². The van der Waals surface area contributed by atoms with Gasteiger partial charge in [-0.1, -0.05) is 30.3 Å². The number of benzene rings is 1. The van der Waals surface area contributed by atoms with E-state index in [9.17, 15) is 9.18 Å². The highest BCUT2D eigenvalue weighted by Gasteiger charge is 2.42. The van der Waals surface area contributed by atoms with Crippen LogP contribution in [0.15, 0.2) is 30.3 Å². The molecule has 2 atom stereocenters. The van der Waals surface area contributed by atoms with E-state index in [1.807, 2.05) is 0 Å². The van der Waals surface area contributed by atoms with E-state index in [1.54, 1.807) is 0 Å². The van der Waals surface area contributed by atoms with Gasteiger partial charge in [0.25, 0.3) is 0 Å². The van der Waals surface area contributed by atoms with E-state index in [-0.39, 0.29) is 12.6 Å². The highest BCUT2D eigenvalue weighted by atomic mass is 19.1.